The Bertz CT molecular complexity index is 863. The molecular formula is C23H26N2O3. The maximum absolute atomic E-state index is 13.4. The van der Waals surface area contributed by atoms with Crippen LogP contribution >= 0.6 is 0 Å². The van der Waals surface area contributed by atoms with Crippen LogP contribution in [-0.2, 0) is 9.53 Å². The monoisotopic (exact) mass is 378 g/mol. The zero-order chi connectivity index (χ0) is 19.7. The third-order valence-electron chi connectivity index (χ3n) is 5.47. The first kappa shape index (κ1) is 18.7. The molecule has 1 saturated carbocycles. The standard InChI is InChI=1S/C23H26N2O3/c1-16-14-25(15-21(28-16)17-8-4-3-5-9-17)23(27)19-10-6-7-11-20(19)24(2)22(26)18-12-13-18/h3-11,16,18,21H,12-15H2,1-2H3/t16-,21-/m1/s1. The zero-order valence-electron chi connectivity index (χ0n) is 16.4. The number of rotatable bonds is 4. The van der Waals surface area contributed by atoms with Crippen LogP contribution in [0.1, 0.15) is 41.8 Å². The quantitative estimate of drug-likeness (QED) is 0.816. The molecule has 146 valence electrons. The van der Waals surface area contributed by atoms with Crippen molar-refractivity contribution in [2.24, 2.45) is 5.92 Å². The van der Waals surface area contributed by atoms with E-state index >= 15 is 0 Å². The molecule has 2 atom stereocenters. The number of benzene rings is 2. The van der Waals surface area contributed by atoms with Crippen molar-refractivity contribution in [2.45, 2.75) is 32.0 Å². The van der Waals surface area contributed by atoms with Crippen molar-refractivity contribution in [3.8, 4) is 0 Å². The van der Waals surface area contributed by atoms with Crippen LogP contribution in [0.25, 0.3) is 0 Å². The van der Waals surface area contributed by atoms with E-state index in [1.54, 1.807) is 11.9 Å². The molecule has 2 aromatic rings. The molecule has 0 N–H and O–H groups in total. The number of carbonyl (C=O) groups is 2. The van der Waals surface area contributed by atoms with Gasteiger partial charge in [-0.05, 0) is 37.5 Å². The van der Waals surface area contributed by atoms with Crippen LogP contribution in [0.5, 0.6) is 0 Å². The number of para-hydroxylation sites is 1. The van der Waals surface area contributed by atoms with Gasteiger partial charge < -0.3 is 14.5 Å². The summed E-state index contributed by atoms with van der Waals surface area (Å²) in [6.07, 6.45) is 1.69. The van der Waals surface area contributed by atoms with Crippen molar-refractivity contribution in [1.29, 1.82) is 0 Å². The Balaban J connectivity index is 1.58. The largest absolute Gasteiger partial charge is 0.367 e. The highest BCUT2D eigenvalue weighted by atomic mass is 16.5. The third kappa shape index (κ3) is 3.80. The van der Waals surface area contributed by atoms with Crippen LogP contribution in [-0.4, -0.2) is 43.0 Å². The van der Waals surface area contributed by atoms with Gasteiger partial charge in [-0.1, -0.05) is 42.5 Å². The van der Waals surface area contributed by atoms with E-state index in [-0.39, 0.29) is 29.9 Å². The van der Waals surface area contributed by atoms with E-state index in [0.717, 1.165) is 18.4 Å². The maximum Gasteiger partial charge on any atom is 0.256 e. The van der Waals surface area contributed by atoms with Gasteiger partial charge in [0.25, 0.3) is 5.91 Å². The molecule has 0 aromatic heterocycles. The zero-order valence-corrected chi connectivity index (χ0v) is 16.4. The molecule has 0 radical (unpaired) electrons. The summed E-state index contributed by atoms with van der Waals surface area (Å²) in [5.74, 6) is 0.152. The van der Waals surface area contributed by atoms with E-state index in [1.165, 1.54) is 0 Å². The first-order chi connectivity index (χ1) is 13.5. The van der Waals surface area contributed by atoms with Crippen molar-refractivity contribution < 1.29 is 14.3 Å². The summed E-state index contributed by atoms with van der Waals surface area (Å²) in [6.45, 7) is 3.03. The number of morpholine rings is 1. The maximum atomic E-state index is 13.4. The first-order valence-electron chi connectivity index (χ1n) is 9.91. The fraction of sp³-hybridized carbons (Fsp3) is 0.391. The molecule has 4 rings (SSSR count). The number of ether oxygens (including phenoxy) is 1. The van der Waals surface area contributed by atoms with Crippen molar-refractivity contribution in [1.82, 2.24) is 4.90 Å². The second-order valence-corrected chi connectivity index (χ2v) is 7.74. The van der Waals surface area contributed by atoms with Gasteiger partial charge >= 0.3 is 0 Å². The highest BCUT2D eigenvalue weighted by molar-refractivity contribution is 6.05. The fourth-order valence-electron chi connectivity index (χ4n) is 3.81. The van der Waals surface area contributed by atoms with Crippen LogP contribution in [0.15, 0.2) is 54.6 Å². The molecule has 2 aromatic carbocycles. The highest BCUT2D eigenvalue weighted by Gasteiger charge is 2.35. The van der Waals surface area contributed by atoms with Gasteiger partial charge in [-0.25, -0.2) is 0 Å². The van der Waals surface area contributed by atoms with Gasteiger partial charge in [0.05, 0.1) is 23.9 Å². The Morgan fingerprint density at radius 3 is 2.39 bits per heavy atom. The van der Waals surface area contributed by atoms with Gasteiger partial charge in [0.2, 0.25) is 5.91 Å². The minimum atomic E-state index is -0.146. The van der Waals surface area contributed by atoms with Crippen LogP contribution in [0.2, 0.25) is 0 Å². The molecule has 1 saturated heterocycles. The SMILES string of the molecule is C[C@@H]1CN(C(=O)c2ccccc2N(C)C(=O)C2CC2)C[C@H](c2ccccc2)O1. The Morgan fingerprint density at radius 2 is 1.68 bits per heavy atom. The van der Waals surface area contributed by atoms with Crippen molar-refractivity contribution in [3.63, 3.8) is 0 Å². The minimum Gasteiger partial charge on any atom is -0.367 e. The summed E-state index contributed by atoms with van der Waals surface area (Å²) in [5, 5.41) is 0. The average Bonchev–Trinajstić information content (AvgIpc) is 3.58. The van der Waals surface area contributed by atoms with Crippen molar-refractivity contribution >= 4 is 17.5 Å². The molecule has 5 nitrogen and oxygen atoms in total. The number of hydrogen-bond donors (Lipinski definition) is 0. The Morgan fingerprint density at radius 1 is 1.00 bits per heavy atom. The number of nitrogens with zero attached hydrogens (tertiary/aromatic N) is 2. The summed E-state index contributed by atoms with van der Waals surface area (Å²) in [5.41, 5.74) is 2.32. The fourth-order valence-corrected chi connectivity index (χ4v) is 3.81. The second kappa shape index (κ2) is 7.76. The van der Waals surface area contributed by atoms with E-state index < -0.39 is 0 Å². The van der Waals surface area contributed by atoms with Crippen LogP contribution in [0.4, 0.5) is 5.69 Å². The summed E-state index contributed by atoms with van der Waals surface area (Å²) < 4.78 is 6.09. The lowest BCUT2D eigenvalue weighted by Gasteiger charge is -2.37. The lowest BCUT2D eigenvalue weighted by Crippen LogP contribution is -2.46. The molecule has 1 aliphatic carbocycles. The van der Waals surface area contributed by atoms with Gasteiger partial charge in [-0.15, -0.1) is 0 Å². The number of hydrogen-bond acceptors (Lipinski definition) is 3. The van der Waals surface area contributed by atoms with Gasteiger partial charge in [-0.3, -0.25) is 9.59 Å². The predicted octanol–water partition coefficient (Wildman–Crippen LogP) is 3.66. The number of anilines is 1. The van der Waals surface area contributed by atoms with Gasteiger partial charge in [0.15, 0.2) is 0 Å². The third-order valence-corrected chi connectivity index (χ3v) is 5.47. The Kier molecular flexibility index (Phi) is 5.18. The molecule has 1 aliphatic heterocycles. The molecular weight excluding hydrogens is 352 g/mol. The molecule has 2 fully saturated rings. The summed E-state index contributed by atoms with van der Waals surface area (Å²) in [7, 11) is 1.77. The van der Waals surface area contributed by atoms with E-state index in [1.807, 2.05) is 66.4 Å². The summed E-state index contributed by atoms with van der Waals surface area (Å²) in [4.78, 5) is 29.4. The molecule has 0 spiro atoms. The van der Waals surface area contributed by atoms with Crippen molar-refractivity contribution in [3.05, 3.63) is 65.7 Å². The predicted molar refractivity (Wildman–Crippen MR) is 108 cm³/mol. The molecule has 2 amide bonds. The highest BCUT2D eigenvalue weighted by Crippen LogP contribution is 2.34. The molecule has 2 aliphatic rings. The van der Waals surface area contributed by atoms with E-state index in [9.17, 15) is 9.59 Å². The minimum absolute atomic E-state index is 0.0536. The van der Waals surface area contributed by atoms with Gasteiger partial charge in [0, 0.05) is 19.5 Å². The number of amides is 2. The van der Waals surface area contributed by atoms with E-state index in [4.69, 9.17) is 4.74 Å². The van der Waals surface area contributed by atoms with Gasteiger partial charge in [0.1, 0.15) is 6.10 Å². The van der Waals surface area contributed by atoms with Crippen molar-refractivity contribution in [2.75, 3.05) is 25.0 Å². The normalized spacial score (nSPS) is 22.0. The lowest BCUT2D eigenvalue weighted by molar-refractivity contribution is -0.119. The van der Waals surface area contributed by atoms with Gasteiger partial charge in [-0.2, -0.15) is 0 Å². The van der Waals surface area contributed by atoms with E-state index in [2.05, 4.69) is 0 Å². The summed E-state index contributed by atoms with van der Waals surface area (Å²) >= 11 is 0. The smallest absolute Gasteiger partial charge is 0.256 e. The summed E-state index contributed by atoms with van der Waals surface area (Å²) in [6, 6.07) is 17.4. The molecule has 5 heteroatoms. The number of carbonyl (C=O) groups excluding carboxylic acids is 2. The average molecular weight is 378 g/mol. The van der Waals surface area contributed by atoms with Crippen LogP contribution in [0.3, 0.4) is 0 Å². The van der Waals surface area contributed by atoms with E-state index in [0.29, 0.717) is 24.3 Å². The lowest BCUT2D eigenvalue weighted by atomic mass is 10.0. The first-order valence-corrected chi connectivity index (χ1v) is 9.91. The topological polar surface area (TPSA) is 49.9 Å². The van der Waals surface area contributed by atoms with Crippen LogP contribution in [0, 0.1) is 5.92 Å². The molecule has 1 heterocycles. The second-order valence-electron chi connectivity index (χ2n) is 7.74. The molecule has 0 unspecified atom stereocenters. The Labute approximate surface area is 165 Å². The molecule has 0 bridgehead atoms. The van der Waals surface area contributed by atoms with Crippen LogP contribution < -0.4 is 4.90 Å². The Hall–Kier alpha value is -2.66. The molecule has 28 heavy (non-hydrogen) atoms.